The van der Waals surface area contributed by atoms with Gasteiger partial charge in [0.05, 0.1) is 6.10 Å². The van der Waals surface area contributed by atoms with Crippen LogP contribution in [0.25, 0.3) is 0 Å². The quantitative estimate of drug-likeness (QED) is 0.470. The zero-order valence-corrected chi connectivity index (χ0v) is 16.2. The van der Waals surface area contributed by atoms with E-state index in [1.165, 1.54) is 6.92 Å². The second-order valence-corrected chi connectivity index (χ2v) is 7.52. The Balaban J connectivity index is 1.88. The second-order valence-electron chi connectivity index (χ2n) is 7.52. The first-order chi connectivity index (χ1) is 13.8. The Morgan fingerprint density at radius 1 is 1.07 bits per heavy atom. The number of rotatable bonds is 6. The average Bonchev–Trinajstić information content (AvgIpc) is 2.69. The Morgan fingerprint density at radius 2 is 1.62 bits per heavy atom. The Kier molecular flexibility index (Phi) is 6.66. The predicted molar refractivity (Wildman–Crippen MR) is 106 cm³/mol. The van der Waals surface area contributed by atoms with Crippen LogP contribution in [0.3, 0.4) is 0 Å². The molecular formula is C22H27NO6. The molecule has 1 saturated heterocycles. The van der Waals surface area contributed by atoms with Crippen LogP contribution in [0.5, 0.6) is 0 Å². The maximum atomic E-state index is 11.6. The molecule has 7 heteroatoms. The third-order valence-corrected chi connectivity index (χ3v) is 5.30. The molecule has 5 N–H and O–H groups in total. The minimum absolute atomic E-state index is 0.0467. The summed E-state index contributed by atoms with van der Waals surface area (Å²) in [5, 5.41) is 46.1. The van der Waals surface area contributed by atoms with Gasteiger partial charge in [-0.05, 0) is 11.1 Å². The van der Waals surface area contributed by atoms with E-state index < -0.39 is 42.2 Å². The summed E-state index contributed by atoms with van der Waals surface area (Å²) < 4.78 is 5.46. The molecule has 0 aromatic heterocycles. The fourth-order valence-corrected chi connectivity index (χ4v) is 3.85. The van der Waals surface area contributed by atoms with Crippen LogP contribution in [0.15, 0.2) is 60.7 Å². The molecule has 2 aromatic rings. The summed E-state index contributed by atoms with van der Waals surface area (Å²) in [4.78, 5) is 11.6. The highest BCUT2D eigenvalue weighted by Crippen LogP contribution is 2.34. The molecule has 1 heterocycles. The highest BCUT2D eigenvalue weighted by atomic mass is 16.6. The first kappa shape index (κ1) is 21.4. The van der Waals surface area contributed by atoms with Crippen molar-refractivity contribution < 1.29 is 30.0 Å². The van der Waals surface area contributed by atoms with E-state index in [9.17, 15) is 25.2 Å². The lowest BCUT2D eigenvalue weighted by atomic mass is 9.76. The number of aliphatic hydroxyl groups is 4. The van der Waals surface area contributed by atoms with E-state index in [1.807, 2.05) is 36.4 Å². The van der Waals surface area contributed by atoms with E-state index in [-0.39, 0.29) is 12.8 Å². The molecule has 0 radical (unpaired) electrons. The number of ether oxygens (including phenoxy) is 1. The molecule has 0 spiro atoms. The van der Waals surface area contributed by atoms with Crippen LogP contribution in [-0.4, -0.2) is 62.6 Å². The van der Waals surface area contributed by atoms with E-state index in [1.54, 1.807) is 24.3 Å². The smallest absolute Gasteiger partial charge is 0.217 e. The van der Waals surface area contributed by atoms with Crippen LogP contribution in [0, 0.1) is 0 Å². The fourth-order valence-electron chi connectivity index (χ4n) is 3.85. The van der Waals surface area contributed by atoms with E-state index in [4.69, 9.17) is 4.74 Å². The lowest BCUT2D eigenvalue weighted by Gasteiger charge is -2.50. The number of hydrogen-bond acceptors (Lipinski definition) is 6. The minimum atomic E-state index is -1.95. The standard InChI is InChI=1S/C22H27NO6/c1-14(24)23-19-21(27)29-18(17(25)12-15-8-4-2-5-9-15)20(26)22(19,28)13-16-10-6-3-7-11-16/h2-11,17-21,25-28H,12-13H2,1H3,(H,23,24)/t17?,18-,19-,20-,21+,22-/m1/s1. The zero-order valence-electron chi connectivity index (χ0n) is 16.2. The fraction of sp³-hybridized carbons (Fsp3) is 0.409. The summed E-state index contributed by atoms with van der Waals surface area (Å²) in [5.74, 6) is -0.486. The molecule has 0 bridgehead atoms. The van der Waals surface area contributed by atoms with Gasteiger partial charge in [0.15, 0.2) is 6.29 Å². The van der Waals surface area contributed by atoms with Crippen molar-refractivity contribution in [2.75, 3.05) is 0 Å². The van der Waals surface area contributed by atoms with Crippen LogP contribution in [-0.2, 0) is 22.4 Å². The number of aliphatic hydroxyl groups excluding tert-OH is 3. The maximum Gasteiger partial charge on any atom is 0.217 e. The van der Waals surface area contributed by atoms with Gasteiger partial charge in [-0.25, -0.2) is 0 Å². The summed E-state index contributed by atoms with van der Waals surface area (Å²) in [5.41, 5.74) is -0.428. The minimum Gasteiger partial charge on any atom is -0.390 e. The van der Waals surface area contributed by atoms with Gasteiger partial charge in [0, 0.05) is 19.8 Å². The number of carbonyl (C=O) groups excluding carboxylic acids is 1. The molecule has 3 rings (SSSR count). The molecule has 1 aliphatic rings. The van der Waals surface area contributed by atoms with Gasteiger partial charge in [0.25, 0.3) is 0 Å². The SMILES string of the molecule is CC(=O)N[C@@H]1[C@@H](O)O[C@H](C(O)Cc2ccccc2)[C@@H](O)[C@@]1(O)Cc1ccccc1. The van der Waals surface area contributed by atoms with Crippen LogP contribution in [0.4, 0.5) is 0 Å². The van der Waals surface area contributed by atoms with Crippen molar-refractivity contribution in [2.24, 2.45) is 0 Å². The Labute approximate surface area is 169 Å². The van der Waals surface area contributed by atoms with Crippen molar-refractivity contribution >= 4 is 5.91 Å². The molecule has 0 aliphatic carbocycles. The van der Waals surface area contributed by atoms with Gasteiger partial charge in [-0.3, -0.25) is 4.79 Å². The molecule has 2 aromatic carbocycles. The van der Waals surface area contributed by atoms with Crippen molar-refractivity contribution in [2.45, 2.75) is 56.0 Å². The van der Waals surface area contributed by atoms with E-state index in [2.05, 4.69) is 5.32 Å². The van der Waals surface area contributed by atoms with Crippen molar-refractivity contribution in [1.82, 2.24) is 5.32 Å². The number of carbonyl (C=O) groups is 1. The van der Waals surface area contributed by atoms with Gasteiger partial charge >= 0.3 is 0 Å². The molecule has 0 saturated carbocycles. The molecular weight excluding hydrogens is 374 g/mol. The summed E-state index contributed by atoms with van der Waals surface area (Å²) >= 11 is 0. The third-order valence-electron chi connectivity index (χ3n) is 5.30. The Hall–Kier alpha value is -2.29. The molecule has 6 atom stereocenters. The van der Waals surface area contributed by atoms with Crippen LogP contribution < -0.4 is 5.32 Å². The number of nitrogens with one attached hydrogen (secondary N) is 1. The topological polar surface area (TPSA) is 119 Å². The maximum absolute atomic E-state index is 11.6. The van der Waals surface area contributed by atoms with E-state index >= 15 is 0 Å². The molecule has 1 unspecified atom stereocenters. The largest absolute Gasteiger partial charge is 0.390 e. The summed E-state index contributed by atoms with van der Waals surface area (Å²) in [6, 6.07) is 16.8. The summed E-state index contributed by atoms with van der Waals surface area (Å²) in [6.07, 6.45) is -5.46. The number of hydrogen-bond donors (Lipinski definition) is 5. The van der Waals surface area contributed by atoms with Crippen molar-refractivity contribution in [3.05, 3.63) is 71.8 Å². The van der Waals surface area contributed by atoms with Crippen LogP contribution in [0.2, 0.25) is 0 Å². The monoisotopic (exact) mass is 401 g/mol. The zero-order chi connectivity index (χ0) is 21.0. The lowest BCUT2D eigenvalue weighted by Crippen LogP contribution is -2.73. The first-order valence-electron chi connectivity index (χ1n) is 9.58. The van der Waals surface area contributed by atoms with Gasteiger partial charge in [0.2, 0.25) is 5.91 Å². The van der Waals surface area contributed by atoms with Gasteiger partial charge in [-0.2, -0.15) is 0 Å². The number of benzene rings is 2. The summed E-state index contributed by atoms with van der Waals surface area (Å²) in [6.45, 7) is 1.25. The van der Waals surface area contributed by atoms with Gasteiger partial charge in [0.1, 0.15) is 23.9 Å². The summed E-state index contributed by atoms with van der Waals surface area (Å²) in [7, 11) is 0. The van der Waals surface area contributed by atoms with Crippen LogP contribution >= 0.6 is 0 Å². The molecule has 29 heavy (non-hydrogen) atoms. The number of amides is 1. The Bertz CT molecular complexity index is 801. The van der Waals surface area contributed by atoms with Crippen molar-refractivity contribution in [1.29, 1.82) is 0 Å². The highest BCUT2D eigenvalue weighted by Gasteiger charge is 2.56. The molecule has 7 nitrogen and oxygen atoms in total. The molecule has 1 amide bonds. The molecule has 1 fully saturated rings. The van der Waals surface area contributed by atoms with E-state index in [0.717, 1.165) is 5.56 Å². The normalized spacial score (nSPS) is 30.5. The van der Waals surface area contributed by atoms with Gasteiger partial charge in [-0.1, -0.05) is 60.7 Å². The highest BCUT2D eigenvalue weighted by molar-refractivity contribution is 5.73. The van der Waals surface area contributed by atoms with E-state index in [0.29, 0.717) is 5.56 Å². The van der Waals surface area contributed by atoms with Gasteiger partial charge < -0.3 is 30.5 Å². The first-order valence-corrected chi connectivity index (χ1v) is 9.58. The third kappa shape index (κ3) is 4.83. The molecule has 1 aliphatic heterocycles. The van der Waals surface area contributed by atoms with Crippen molar-refractivity contribution in [3.8, 4) is 0 Å². The van der Waals surface area contributed by atoms with Gasteiger partial charge in [-0.15, -0.1) is 0 Å². The second kappa shape index (κ2) is 9.02. The lowest BCUT2D eigenvalue weighted by molar-refractivity contribution is -0.297. The molecule has 156 valence electrons. The Morgan fingerprint density at radius 3 is 2.17 bits per heavy atom. The van der Waals surface area contributed by atoms with Crippen molar-refractivity contribution in [3.63, 3.8) is 0 Å². The van der Waals surface area contributed by atoms with Crippen LogP contribution in [0.1, 0.15) is 18.1 Å². The average molecular weight is 401 g/mol. The predicted octanol–water partition coefficient (Wildman–Crippen LogP) is 0.147.